The summed E-state index contributed by atoms with van der Waals surface area (Å²) in [7, 11) is -3.84. The predicted molar refractivity (Wildman–Crippen MR) is 107 cm³/mol. The highest BCUT2D eigenvalue weighted by Crippen LogP contribution is 2.38. The van der Waals surface area contributed by atoms with Gasteiger partial charge in [-0.05, 0) is 60.7 Å². The molecule has 1 fully saturated rings. The molecular weight excluding hydrogens is 433 g/mol. The van der Waals surface area contributed by atoms with Crippen LogP contribution < -0.4 is 5.32 Å². The first kappa shape index (κ1) is 21.8. The molecule has 31 heavy (non-hydrogen) atoms. The van der Waals surface area contributed by atoms with Crippen LogP contribution in [-0.4, -0.2) is 36.8 Å². The Morgan fingerprint density at radius 2 is 1.74 bits per heavy atom. The lowest BCUT2D eigenvalue weighted by atomic mass is 9.84. The van der Waals surface area contributed by atoms with E-state index in [1.807, 2.05) is 0 Å². The molecule has 1 saturated heterocycles. The van der Waals surface area contributed by atoms with Gasteiger partial charge in [0.15, 0.2) is 0 Å². The second-order valence-electron chi connectivity index (χ2n) is 7.88. The zero-order chi connectivity index (χ0) is 22.4. The van der Waals surface area contributed by atoms with Gasteiger partial charge in [0.2, 0.25) is 15.9 Å². The van der Waals surface area contributed by atoms with E-state index in [1.54, 1.807) is 6.07 Å². The standard InChI is InChI=1S/C21H21F3N2O4S/c22-21(23,24)16-3-1-2-15(13-16)20(28)8-10-26(11-9-20)31(29,30)17-5-6-18-14(12-17)4-7-19(27)25-18/h1-3,5-6,12-13,28H,4,7-11H2,(H,25,27). The molecule has 4 rings (SSSR count). The van der Waals surface area contributed by atoms with Gasteiger partial charge in [0.1, 0.15) is 0 Å². The average Bonchev–Trinajstić information content (AvgIpc) is 2.73. The van der Waals surface area contributed by atoms with Gasteiger partial charge in [-0.1, -0.05) is 12.1 Å². The predicted octanol–water partition coefficient (Wildman–Crippen LogP) is 3.26. The number of fused-ring (bicyclic) bond motifs is 1. The lowest BCUT2D eigenvalue weighted by Gasteiger charge is -2.38. The quantitative estimate of drug-likeness (QED) is 0.746. The largest absolute Gasteiger partial charge is 0.416 e. The van der Waals surface area contributed by atoms with Crippen LogP contribution in [0, 0.1) is 0 Å². The maximum atomic E-state index is 13.1. The fourth-order valence-corrected chi connectivity index (χ4v) is 5.53. The minimum atomic E-state index is -4.53. The number of sulfonamides is 1. The minimum absolute atomic E-state index is 0.0193. The number of piperidine rings is 1. The third-order valence-electron chi connectivity index (χ3n) is 5.89. The Morgan fingerprint density at radius 3 is 2.42 bits per heavy atom. The summed E-state index contributed by atoms with van der Waals surface area (Å²) < 4.78 is 66.4. The Balaban J connectivity index is 1.52. The van der Waals surface area contributed by atoms with E-state index < -0.39 is 27.4 Å². The van der Waals surface area contributed by atoms with Crippen molar-refractivity contribution >= 4 is 21.6 Å². The number of aliphatic hydroxyl groups is 1. The minimum Gasteiger partial charge on any atom is -0.385 e. The van der Waals surface area contributed by atoms with Crippen molar-refractivity contribution in [2.45, 2.75) is 42.4 Å². The highest BCUT2D eigenvalue weighted by molar-refractivity contribution is 7.89. The first-order chi connectivity index (χ1) is 14.5. The summed E-state index contributed by atoms with van der Waals surface area (Å²) in [5.41, 5.74) is -0.933. The summed E-state index contributed by atoms with van der Waals surface area (Å²) in [6, 6.07) is 9.04. The van der Waals surface area contributed by atoms with E-state index in [4.69, 9.17) is 0 Å². The van der Waals surface area contributed by atoms with Gasteiger partial charge >= 0.3 is 6.18 Å². The molecule has 0 aliphatic carbocycles. The van der Waals surface area contributed by atoms with Gasteiger partial charge in [-0.3, -0.25) is 4.79 Å². The molecule has 0 aromatic heterocycles. The molecule has 2 heterocycles. The van der Waals surface area contributed by atoms with Crippen molar-refractivity contribution in [1.82, 2.24) is 4.31 Å². The van der Waals surface area contributed by atoms with Crippen LogP contribution in [-0.2, 0) is 33.0 Å². The second kappa shape index (κ2) is 7.61. The summed E-state index contributed by atoms with van der Waals surface area (Å²) in [6.07, 6.45) is -3.84. The van der Waals surface area contributed by atoms with Crippen LogP contribution in [0.25, 0.3) is 0 Å². The van der Waals surface area contributed by atoms with E-state index in [1.165, 1.54) is 28.6 Å². The number of nitrogens with one attached hydrogen (secondary N) is 1. The molecule has 0 unspecified atom stereocenters. The van der Waals surface area contributed by atoms with Crippen LogP contribution in [0.1, 0.15) is 36.0 Å². The number of carbonyl (C=O) groups is 1. The Morgan fingerprint density at radius 1 is 1.03 bits per heavy atom. The van der Waals surface area contributed by atoms with Crippen molar-refractivity contribution in [3.05, 3.63) is 59.2 Å². The Bertz CT molecular complexity index is 1120. The summed E-state index contributed by atoms with van der Waals surface area (Å²) >= 11 is 0. The van der Waals surface area contributed by atoms with Crippen molar-refractivity contribution in [2.75, 3.05) is 18.4 Å². The number of nitrogens with zero attached hydrogens (tertiary/aromatic N) is 1. The Kier molecular flexibility index (Phi) is 5.35. The van der Waals surface area contributed by atoms with Crippen LogP contribution in [0.3, 0.4) is 0 Å². The van der Waals surface area contributed by atoms with Gasteiger partial charge in [0.05, 0.1) is 16.1 Å². The van der Waals surface area contributed by atoms with Crippen LogP contribution in [0.2, 0.25) is 0 Å². The summed E-state index contributed by atoms with van der Waals surface area (Å²) in [5, 5.41) is 13.6. The van der Waals surface area contributed by atoms with E-state index in [0.29, 0.717) is 12.1 Å². The van der Waals surface area contributed by atoms with Crippen molar-refractivity contribution in [3.8, 4) is 0 Å². The maximum absolute atomic E-state index is 13.1. The van der Waals surface area contributed by atoms with Crippen molar-refractivity contribution in [1.29, 1.82) is 0 Å². The van der Waals surface area contributed by atoms with Crippen molar-refractivity contribution < 1.29 is 31.5 Å². The first-order valence-electron chi connectivity index (χ1n) is 9.82. The maximum Gasteiger partial charge on any atom is 0.416 e. The number of aryl methyl sites for hydroxylation is 1. The number of benzene rings is 2. The van der Waals surface area contributed by atoms with E-state index in [2.05, 4.69) is 5.32 Å². The molecule has 2 aliphatic heterocycles. The van der Waals surface area contributed by atoms with Crippen LogP contribution in [0.4, 0.5) is 18.9 Å². The third kappa shape index (κ3) is 4.19. The molecule has 2 aromatic rings. The lowest BCUT2D eigenvalue weighted by Crippen LogP contribution is -2.45. The van der Waals surface area contributed by atoms with E-state index in [9.17, 15) is 31.5 Å². The SMILES string of the molecule is O=C1CCc2cc(S(=O)(=O)N3CCC(O)(c4cccc(C(F)(F)F)c4)CC3)ccc2N1. The molecule has 0 bridgehead atoms. The van der Waals surface area contributed by atoms with Gasteiger partial charge in [-0.25, -0.2) is 8.42 Å². The number of carbonyl (C=O) groups excluding carboxylic acids is 1. The van der Waals surface area contributed by atoms with E-state index >= 15 is 0 Å². The molecule has 6 nitrogen and oxygen atoms in total. The molecule has 166 valence electrons. The number of hydrogen-bond donors (Lipinski definition) is 2. The fraction of sp³-hybridized carbons (Fsp3) is 0.381. The number of hydrogen-bond acceptors (Lipinski definition) is 4. The molecule has 2 N–H and O–H groups in total. The molecule has 0 atom stereocenters. The van der Waals surface area contributed by atoms with Crippen LogP contribution in [0.5, 0.6) is 0 Å². The Hall–Kier alpha value is -2.43. The zero-order valence-corrected chi connectivity index (χ0v) is 17.3. The fourth-order valence-electron chi connectivity index (χ4n) is 4.04. The summed E-state index contributed by atoms with van der Waals surface area (Å²) in [6.45, 7) is -0.0498. The summed E-state index contributed by atoms with van der Waals surface area (Å²) in [5.74, 6) is -0.118. The molecule has 0 radical (unpaired) electrons. The first-order valence-corrected chi connectivity index (χ1v) is 11.3. The number of alkyl halides is 3. The monoisotopic (exact) mass is 454 g/mol. The normalized spacial score (nSPS) is 19.5. The number of anilines is 1. The topological polar surface area (TPSA) is 86.7 Å². The molecule has 10 heteroatoms. The number of rotatable bonds is 3. The highest BCUT2D eigenvalue weighted by Gasteiger charge is 2.40. The number of amides is 1. The van der Waals surface area contributed by atoms with Crippen molar-refractivity contribution in [2.24, 2.45) is 0 Å². The zero-order valence-electron chi connectivity index (χ0n) is 16.4. The van der Waals surface area contributed by atoms with Crippen LogP contribution in [0.15, 0.2) is 47.4 Å². The lowest BCUT2D eigenvalue weighted by molar-refractivity contribution is -0.137. The molecule has 1 amide bonds. The van der Waals surface area contributed by atoms with Gasteiger partial charge in [-0.15, -0.1) is 0 Å². The van der Waals surface area contributed by atoms with Crippen LogP contribution >= 0.6 is 0 Å². The molecule has 2 aliphatic rings. The smallest absolute Gasteiger partial charge is 0.385 e. The second-order valence-corrected chi connectivity index (χ2v) is 9.82. The summed E-state index contributed by atoms with van der Waals surface area (Å²) in [4.78, 5) is 11.6. The third-order valence-corrected chi connectivity index (χ3v) is 7.78. The van der Waals surface area contributed by atoms with E-state index in [-0.39, 0.29) is 48.7 Å². The molecular formula is C21H21F3N2O4S. The van der Waals surface area contributed by atoms with Crippen molar-refractivity contribution in [3.63, 3.8) is 0 Å². The number of halogens is 3. The van der Waals surface area contributed by atoms with E-state index in [0.717, 1.165) is 17.7 Å². The van der Waals surface area contributed by atoms with Gasteiger partial charge in [0.25, 0.3) is 0 Å². The average molecular weight is 454 g/mol. The van der Waals surface area contributed by atoms with Gasteiger partial charge < -0.3 is 10.4 Å². The highest BCUT2D eigenvalue weighted by atomic mass is 32.2. The Labute approximate surface area is 177 Å². The molecule has 0 saturated carbocycles. The molecule has 0 spiro atoms. The van der Waals surface area contributed by atoms with Gasteiger partial charge in [0, 0.05) is 25.2 Å². The molecule has 2 aromatic carbocycles. The van der Waals surface area contributed by atoms with Gasteiger partial charge in [-0.2, -0.15) is 17.5 Å².